The molecule has 1 saturated heterocycles. The van der Waals surface area contributed by atoms with Gasteiger partial charge in [0, 0.05) is 24.9 Å². The van der Waals surface area contributed by atoms with Crippen molar-refractivity contribution >= 4 is 5.91 Å². The Morgan fingerprint density at radius 1 is 1.67 bits per heavy atom. The van der Waals surface area contributed by atoms with E-state index in [0.717, 1.165) is 30.7 Å². The highest BCUT2D eigenvalue weighted by Gasteiger charge is 2.21. The van der Waals surface area contributed by atoms with E-state index in [0.29, 0.717) is 5.92 Å². The van der Waals surface area contributed by atoms with E-state index in [1.165, 1.54) is 0 Å². The van der Waals surface area contributed by atoms with Crippen LogP contribution in [0.25, 0.3) is 0 Å². The average Bonchev–Trinajstić information content (AvgIpc) is 2.26. The molecule has 0 aliphatic carbocycles. The van der Waals surface area contributed by atoms with Gasteiger partial charge >= 0.3 is 0 Å². The molecule has 1 fully saturated rings. The highest BCUT2D eigenvalue weighted by Crippen LogP contribution is 2.27. The lowest BCUT2D eigenvalue weighted by molar-refractivity contribution is -0.117. The van der Waals surface area contributed by atoms with Gasteiger partial charge in [-0.3, -0.25) is 4.79 Å². The van der Waals surface area contributed by atoms with E-state index in [9.17, 15) is 4.79 Å². The van der Waals surface area contributed by atoms with Crippen LogP contribution in [0.3, 0.4) is 0 Å². The van der Waals surface area contributed by atoms with Gasteiger partial charge in [-0.25, -0.2) is 0 Å². The van der Waals surface area contributed by atoms with E-state index in [-0.39, 0.29) is 5.91 Å². The lowest BCUT2D eigenvalue weighted by Crippen LogP contribution is -2.31. The zero-order chi connectivity index (χ0) is 11.4. The van der Waals surface area contributed by atoms with E-state index in [1.54, 1.807) is 7.05 Å². The molecule has 1 atom stereocenters. The average molecular weight is 208 g/mol. The molecule has 84 valence electrons. The Labute approximate surface area is 91.8 Å². The summed E-state index contributed by atoms with van der Waals surface area (Å²) in [5, 5.41) is 2.66. The number of carbonyl (C=O) groups is 1. The molecule has 0 spiro atoms. The number of carbonyl (C=O) groups excluding carboxylic acids is 1. The number of rotatable bonds is 2. The molecule has 0 radical (unpaired) electrons. The van der Waals surface area contributed by atoms with Gasteiger partial charge < -0.3 is 10.2 Å². The summed E-state index contributed by atoms with van der Waals surface area (Å²) >= 11 is 0. The van der Waals surface area contributed by atoms with Gasteiger partial charge in [-0.2, -0.15) is 0 Å². The van der Waals surface area contributed by atoms with Gasteiger partial charge in [0.15, 0.2) is 0 Å². The second-order valence-corrected chi connectivity index (χ2v) is 4.13. The minimum atomic E-state index is 0.00593. The molecule has 0 bridgehead atoms. The molecular weight excluding hydrogens is 188 g/mol. The van der Waals surface area contributed by atoms with Crippen molar-refractivity contribution in [3.8, 4) is 0 Å². The number of likely N-dealkylation sites (N-methyl/N-ethyl adjacent to an activating group) is 1. The van der Waals surface area contributed by atoms with Crippen LogP contribution in [-0.2, 0) is 4.79 Å². The normalized spacial score (nSPS) is 24.7. The van der Waals surface area contributed by atoms with Gasteiger partial charge in [-0.05, 0) is 31.9 Å². The van der Waals surface area contributed by atoms with Gasteiger partial charge in [0.05, 0.1) is 0 Å². The van der Waals surface area contributed by atoms with Gasteiger partial charge in [-0.15, -0.1) is 0 Å². The van der Waals surface area contributed by atoms with E-state index in [4.69, 9.17) is 0 Å². The third-order valence-electron chi connectivity index (χ3n) is 2.95. The summed E-state index contributed by atoms with van der Waals surface area (Å²) in [5.41, 5.74) is 1.92. The largest absolute Gasteiger partial charge is 0.355 e. The Balaban J connectivity index is 2.91. The zero-order valence-corrected chi connectivity index (χ0v) is 9.84. The Morgan fingerprint density at radius 3 is 2.87 bits per heavy atom. The fourth-order valence-electron chi connectivity index (χ4n) is 1.97. The maximum Gasteiger partial charge on any atom is 0.248 e. The Kier molecular flexibility index (Phi) is 3.95. The monoisotopic (exact) mass is 208 g/mol. The summed E-state index contributed by atoms with van der Waals surface area (Å²) in [6.07, 6.45) is 3.93. The summed E-state index contributed by atoms with van der Waals surface area (Å²) in [5.74, 6) is 0.677. The number of piperidine rings is 1. The molecule has 1 aliphatic rings. The van der Waals surface area contributed by atoms with E-state index in [2.05, 4.69) is 23.7 Å². The minimum absolute atomic E-state index is 0.00593. The van der Waals surface area contributed by atoms with Crippen molar-refractivity contribution in [2.45, 2.75) is 26.7 Å². The van der Waals surface area contributed by atoms with Gasteiger partial charge in [0.25, 0.3) is 0 Å². The predicted molar refractivity (Wildman–Crippen MR) is 62.1 cm³/mol. The van der Waals surface area contributed by atoms with Crippen LogP contribution >= 0.6 is 0 Å². The summed E-state index contributed by atoms with van der Waals surface area (Å²) < 4.78 is 0. The zero-order valence-electron chi connectivity index (χ0n) is 9.84. The number of hydrogen-bond donors (Lipinski definition) is 1. The van der Waals surface area contributed by atoms with Crippen LogP contribution in [0, 0.1) is 5.92 Å². The van der Waals surface area contributed by atoms with Crippen molar-refractivity contribution < 1.29 is 4.79 Å². The highest BCUT2D eigenvalue weighted by atomic mass is 16.1. The van der Waals surface area contributed by atoms with Crippen molar-refractivity contribution in [1.82, 2.24) is 10.2 Å². The second-order valence-electron chi connectivity index (χ2n) is 4.13. The van der Waals surface area contributed by atoms with Crippen molar-refractivity contribution in [2.75, 3.05) is 13.6 Å². The third kappa shape index (κ3) is 2.61. The number of nitrogens with zero attached hydrogens (tertiary/aromatic N) is 1. The Hall–Kier alpha value is -1.25. The van der Waals surface area contributed by atoms with E-state index in [1.807, 2.05) is 13.1 Å². The first-order chi connectivity index (χ1) is 7.10. The number of hydrogen-bond acceptors (Lipinski definition) is 2. The topological polar surface area (TPSA) is 32.3 Å². The minimum Gasteiger partial charge on any atom is -0.355 e. The van der Waals surface area contributed by atoms with Crippen LogP contribution in [0.2, 0.25) is 0 Å². The smallest absolute Gasteiger partial charge is 0.248 e. The molecule has 1 heterocycles. The molecule has 1 aliphatic heterocycles. The number of likely N-dealkylation sites (tertiary alicyclic amines) is 1. The maximum absolute atomic E-state index is 11.5. The maximum atomic E-state index is 11.5. The summed E-state index contributed by atoms with van der Waals surface area (Å²) in [6.45, 7) is 8.86. The number of amides is 1. The van der Waals surface area contributed by atoms with Gasteiger partial charge in [0.2, 0.25) is 5.91 Å². The molecule has 3 nitrogen and oxygen atoms in total. The molecule has 15 heavy (non-hydrogen) atoms. The molecule has 0 aromatic rings. The molecule has 1 unspecified atom stereocenters. The van der Waals surface area contributed by atoms with E-state index < -0.39 is 0 Å². The first-order valence-electron chi connectivity index (χ1n) is 5.41. The Morgan fingerprint density at radius 2 is 2.33 bits per heavy atom. The fraction of sp³-hybridized carbons (Fsp3) is 0.583. The molecule has 0 aromatic heterocycles. The molecule has 1 N–H and O–H groups in total. The molecule has 0 saturated carbocycles. The standard InChI is InChI=1S/C12H20N2O/c1-5-14-8-9(2)6-7-11(14)10(3)12(15)13-4/h5,9H,1,6-8H2,2-4H3,(H,13,15)/b11-10+. The lowest BCUT2D eigenvalue weighted by Gasteiger charge is -2.33. The third-order valence-corrected chi connectivity index (χ3v) is 2.95. The highest BCUT2D eigenvalue weighted by molar-refractivity contribution is 5.93. The first kappa shape index (κ1) is 11.8. The van der Waals surface area contributed by atoms with Crippen LogP contribution in [0.15, 0.2) is 24.0 Å². The van der Waals surface area contributed by atoms with Crippen LogP contribution in [0.5, 0.6) is 0 Å². The molecule has 0 aromatic carbocycles. The summed E-state index contributed by atoms with van der Waals surface area (Å²) in [7, 11) is 1.66. The van der Waals surface area contributed by atoms with Crippen molar-refractivity contribution in [3.05, 3.63) is 24.0 Å². The van der Waals surface area contributed by atoms with Crippen LogP contribution in [-0.4, -0.2) is 24.4 Å². The fourth-order valence-corrected chi connectivity index (χ4v) is 1.97. The SMILES string of the molecule is C=CN1CC(C)CC/C1=C(/C)C(=O)NC. The van der Waals surface area contributed by atoms with Crippen LogP contribution < -0.4 is 5.32 Å². The quantitative estimate of drug-likeness (QED) is 0.703. The molecule has 1 rings (SSSR count). The molecule has 3 heteroatoms. The lowest BCUT2D eigenvalue weighted by atomic mass is 9.95. The Bertz CT molecular complexity index is 294. The number of nitrogens with one attached hydrogen (secondary N) is 1. The molecule has 1 amide bonds. The van der Waals surface area contributed by atoms with Crippen molar-refractivity contribution in [2.24, 2.45) is 5.92 Å². The number of allylic oxidation sites excluding steroid dienone is 1. The van der Waals surface area contributed by atoms with Gasteiger partial charge in [0.1, 0.15) is 0 Å². The van der Waals surface area contributed by atoms with Crippen LogP contribution in [0.4, 0.5) is 0 Å². The van der Waals surface area contributed by atoms with Crippen LogP contribution in [0.1, 0.15) is 26.7 Å². The second kappa shape index (κ2) is 5.01. The summed E-state index contributed by atoms with van der Waals surface area (Å²) in [4.78, 5) is 13.6. The predicted octanol–water partition coefficient (Wildman–Crippen LogP) is 1.88. The summed E-state index contributed by atoms with van der Waals surface area (Å²) in [6, 6.07) is 0. The molecular formula is C12H20N2O. The van der Waals surface area contributed by atoms with E-state index >= 15 is 0 Å². The first-order valence-corrected chi connectivity index (χ1v) is 5.41. The van der Waals surface area contributed by atoms with Crippen molar-refractivity contribution in [1.29, 1.82) is 0 Å². The van der Waals surface area contributed by atoms with Crippen molar-refractivity contribution in [3.63, 3.8) is 0 Å². The van der Waals surface area contributed by atoms with Gasteiger partial charge in [-0.1, -0.05) is 13.5 Å².